The van der Waals surface area contributed by atoms with Crippen LogP contribution < -0.4 is 5.69 Å². The highest BCUT2D eigenvalue weighted by atomic mass is 79.9. The number of nitrogens with zero attached hydrogens (tertiary/aromatic N) is 3. The van der Waals surface area contributed by atoms with Crippen molar-refractivity contribution >= 4 is 38.7 Å². The lowest BCUT2D eigenvalue weighted by Crippen LogP contribution is -2.15. The Morgan fingerprint density at radius 1 is 1.28 bits per heavy atom. The third-order valence-electron chi connectivity index (χ3n) is 2.52. The third kappa shape index (κ3) is 1.65. The summed E-state index contributed by atoms with van der Waals surface area (Å²) in [5.41, 5.74) is 1.26. The van der Waals surface area contributed by atoms with E-state index in [9.17, 15) is 4.79 Å². The highest BCUT2D eigenvalue weighted by molar-refractivity contribution is 9.10. The molecule has 0 aliphatic carbocycles. The van der Waals surface area contributed by atoms with Crippen LogP contribution in [-0.4, -0.2) is 19.5 Å². The molecule has 7 heteroatoms. The molecule has 0 spiro atoms. The van der Waals surface area contributed by atoms with E-state index in [2.05, 4.69) is 30.9 Å². The number of para-hydroxylation sites is 1. The molecular formula is C11H6BrClN4O. The van der Waals surface area contributed by atoms with Gasteiger partial charge in [0.05, 0.1) is 5.69 Å². The van der Waals surface area contributed by atoms with E-state index in [-0.39, 0.29) is 10.8 Å². The first-order chi connectivity index (χ1) is 8.68. The second-order valence-electron chi connectivity index (χ2n) is 3.58. The number of benzene rings is 1. The van der Waals surface area contributed by atoms with Gasteiger partial charge in [-0.2, -0.15) is 0 Å². The van der Waals surface area contributed by atoms with Crippen molar-refractivity contribution < 1.29 is 0 Å². The number of hydrogen-bond acceptors (Lipinski definition) is 3. The van der Waals surface area contributed by atoms with Crippen LogP contribution in [0.4, 0.5) is 0 Å². The molecule has 3 rings (SSSR count). The maximum absolute atomic E-state index is 12.0. The number of fused-ring (bicyclic) bond motifs is 1. The molecule has 1 aromatic carbocycles. The average Bonchev–Trinajstić information content (AvgIpc) is 2.68. The molecule has 0 aliphatic rings. The summed E-state index contributed by atoms with van der Waals surface area (Å²) in [5.74, 6) is 0. The fraction of sp³-hybridized carbons (Fsp3) is 0. The molecule has 0 saturated carbocycles. The first-order valence-electron chi connectivity index (χ1n) is 5.04. The minimum Gasteiger partial charge on any atom is -0.290 e. The maximum atomic E-state index is 12.0. The van der Waals surface area contributed by atoms with Gasteiger partial charge >= 0.3 is 5.69 Å². The van der Waals surface area contributed by atoms with Crippen LogP contribution in [0, 0.1) is 0 Å². The Morgan fingerprint density at radius 3 is 2.83 bits per heavy atom. The normalized spacial score (nSPS) is 11.0. The first-order valence-corrected chi connectivity index (χ1v) is 6.21. The zero-order chi connectivity index (χ0) is 12.7. The number of rotatable bonds is 1. The molecule has 0 aliphatic heterocycles. The monoisotopic (exact) mass is 324 g/mol. The van der Waals surface area contributed by atoms with Crippen LogP contribution >= 0.6 is 27.5 Å². The molecule has 0 unspecified atom stereocenters. The number of hydrogen-bond donors (Lipinski definition) is 1. The van der Waals surface area contributed by atoms with Crippen LogP contribution in [-0.2, 0) is 0 Å². The minimum absolute atomic E-state index is 0.231. The Kier molecular flexibility index (Phi) is 2.68. The number of nitrogens with one attached hydrogen (secondary N) is 1. The largest absolute Gasteiger partial charge is 0.332 e. The third-order valence-corrected chi connectivity index (χ3v) is 3.47. The van der Waals surface area contributed by atoms with E-state index in [1.165, 1.54) is 10.9 Å². The van der Waals surface area contributed by atoms with Crippen molar-refractivity contribution in [3.05, 3.63) is 50.7 Å². The van der Waals surface area contributed by atoms with Gasteiger partial charge in [-0.3, -0.25) is 9.55 Å². The van der Waals surface area contributed by atoms with Crippen molar-refractivity contribution in [1.29, 1.82) is 0 Å². The Morgan fingerprint density at radius 2 is 2.06 bits per heavy atom. The minimum atomic E-state index is -0.306. The van der Waals surface area contributed by atoms with Crippen molar-refractivity contribution in [2.75, 3.05) is 0 Å². The molecule has 0 atom stereocenters. The fourth-order valence-corrected chi connectivity index (χ4v) is 2.45. The predicted molar refractivity (Wildman–Crippen MR) is 72.2 cm³/mol. The summed E-state index contributed by atoms with van der Waals surface area (Å²) in [7, 11) is 0. The fourth-order valence-electron chi connectivity index (χ4n) is 1.77. The average molecular weight is 326 g/mol. The van der Waals surface area contributed by atoms with E-state index < -0.39 is 0 Å². The molecule has 2 heterocycles. The molecule has 5 nitrogen and oxygen atoms in total. The molecule has 0 fully saturated rings. The quantitative estimate of drug-likeness (QED) is 0.699. The summed E-state index contributed by atoms with van der Waals surface area (Å²) in [5, 5.41) is 0.231. The van der Waals surface area contributed by atoms with E-state index in [4.69, 9.17) is 11.6 Å². The lowest BCUT2D eigenvalue weighted by atomic mass is 10.3. The first kappa shape index (κ1) is 11.4. The second-order valence-corrected chi connectivity index (χ2v) is 4.79. The standard InChI is InChI=1S/C11H6BrClN4O/c12-6-3-1-2-4-7(6)17-8-9(13)14-5-15-10(8)16-11(17)18/h1-5H,(H,14,15,16,18). The summed E-state index contributed by atoms with van der Waals surface area (Å²) in [6, 6.07) is 7.36. The molecule has 3 aromatic rings. The van der Waals surface area contributed by atoms with Gasteiger partial charge in [-0.15, -0.1) is 0 Å². The van der Waals surface area contributed by atoms with Crippen LogP contribution in [0.5, 0.6) is 0 Å². The Balaban J connectivity index is 2.47. The number of imidazole rings is 1. The van der Waals surface area contributed by atoms with E-state index >= 15 is 0 Å². The summed E-state index contributed by atoms with van der Waals surface area (Å²) in [6.07, 6.45) is 1.31. The number of aromatic amines is 1. The van der Waals surface area contributed by atoms with E-state index in [0.717, 1.165) is 4.47 Å². The van der Waals surface area contributed by atoms with E-state index in [1.54, 1.807) is 0 Å². The van der Waals surface area contributed by atoms with E-state index in [0.29, 0.717) is 16.9 Å². The van der Waals surface area contributed by atoms with Gasteiger partial charge in [0.2, 0.25) is 0 Å². The number of halogens is 2. The summed E-state index contributed by atoms with van der Waals surface area (Å²) in [4.78, 5) is 22.5. The lowest BCUT2D eigenvalue weighted by molar-refractivity contribution is 1.01. The van der Waals surface area contributed by atoms with Gasteiger partial charge in [-0.25, -0.2) is 14.8 Å². The smallest absolute Gasteiger partial charge is 0.290 e. The van der Waals surface area contributed by atoms with Crippen molar-refractivity contribution in [3.63, 3.8) is 0 Å². The molecule has 2 aromatic heterocycles. The maximum Gasteiger partial charge on any atom is 0.332 e. The molecule has 90 valence electrons. The zero-order valence-electron chi connectivity index (χ0n) is 8.89. The number of aromatic nitrogens is 4. The lowest BCUT2D eigenvalue weighted by Gasteiger charge is -2.05. The molecule has 0 bridgehead atoms. The predicted octanol–water partition coefficient (Wildman–Crippen LogP) is 2.52. The Hall–Kier alpha value is -1.66. The van der Waals surface area contributed by atoms with Crippen LogP contribution in [0.3, 0.4) is 0 Å². The van der Waals surface area contributed by atoms with Crippen LogP contribution in [0.1, 0.15) is 0 Å². The van der Waals surface area contributed by atoms with Gasteiger partial charge in [0.25, 0.3) is 0 Å². The summed E-state index contributed by atoms with van der Waals surface area (Å²) >= 11 is 9.44. The SMILES string of the molecule is O=c1[nH]c2ncnc(Cl)c2n1-c1ccccc1Br. The topological polar surface area (TPSA) is 63.6 Å². The molecule has 0 saturated heterocycles. The Bertz CT molecular complexity index is 795. The van der Waals surface area contributed by atoms with Gasteiger partial charge < -0.3 is 0 Å². The van der Waals surface area contributed by atoms with Crippen LogP contribution in [0.2, 0.25) is 5.15 Å². The van der Waals surface area contributed by atoms with Gasteiger partial charge in [-0.1, -0.05) is 23.7 Å². The molecule has 1 N–H and O–H groups in total. The Labute approximate surface area is 115 Å². The van der Waals surface area contributed by atoms with Crippen LogP contribution in [0.25, 0.3) is 16.9 Å². The van der Waals surface area contributed by atoms with Gasteiger partial charge in [0.15, 0.2) is 10.8 Å². The highest BCUT2D eigenvalue weighted by Gasteiger charge is 2.15. The van der Waals surface area contributed by atoms with Gasteiger partial charge in [-0.05, 0) is 28.1 Å². The molecule has 0 amide bonds. The van der Waals surface area contributed by atoms with Crippen molar-refractivity contribution in [2.24, 2.45) is 0 Å². The van der Waals surface area contributed by atoms with Crippen molar-refractivity contribution in [3.8, 4) is 5.69 Å². The zero-order valence-corrected chi connectivity index (χ0v) is 11.2. The van der Waals surface area contributed by atoms with Crippen LogP contribution in [0.15, 0.2) is 39.9 Å². The molecule has 0 radical (unpaired) electrons. The highest BCUT2D eigenvalue weighted by Crippen LogP contribution is 2.24. The van der Waals surface area contributed by atoms with E-state index in [1.807, 2.05) is 24.3 Å². The number of H-pyrrole nitrogens is 1. The molecular weight excluding hydrogens is 320 g/mol. The van der Waals surface area contributed by atoms with Crippen molar-refractivity contribution in [1.82, 2.24) is 19.5 Å². The van der Waals surface area contributed by atoms with Crippen molar-refractivity contribution in [2.45, 2.75) is 0 Å². The summed E-state index contributed by atoms with van der Waals surface area (Å²) < 4.78 is 2.23. The summed E-state index contributed by atoms with van der Waals surface area (Å²) in [6.45, 7) is 0. The second kappa shape index (κ2) is 4.22. The van der Waals surface area contributed by atoms with Gasteiger partial charge in [0.1, 0.15) is 11.8 Å². The van der Waals surface area contributed by atoms with Gasteiger partial charge in [0, 0.05) is 4.47 Å². The molecule has 18 heavy (non-hydrogen) atoms.